The van der Waals surface area contributed by atoms with Gasteiger partial charge in [-0.25, -0.2) is 4.79 Å². The van der Waals surface area contributed by atoms with Gasteiger partial charge in [-0.05, 0) is 50.3 Å². The third-order valence-corrected chi connectivity index (χ3v) is 6.16. The molecule has 2 amide bonds. The molecule has 2 unspecified atom stereocenters. The highest BCUT2D eigenvalue weighted by Gasteiger charge is 2.27. The molecule has 0 aliphatic carbocycles. The Labute approximate surface area is 182 Å². The molecule has 1 aromatic heterocycles. The number of fused-ring (bicyclic) bond motifs is 1. The van der Waals surface area contributed by atoms with Crippen LogP contribution in [0.15, 0.2) is 29.1 Å². The SMILES string of the molecule is Cl.Cn1c(=O)n(CC(=O)N2CCCC(CNC(=O)C3CCCN3)C2)c2ccccc21. The smallest absolute Gasteiger partial charge is 0.329 e. The van der Waals surface area contributed by atoms with E-state index in [4.69, 9.17) is 0 Å². The molecule has 2 N–H and O–H groups in total. The number of carbonyl (C=O) groups is 2. The van der Waals surface area contributed by atoms with Gasteiger partial charge in [-0.1, -0.05) is 12.1 Å². The van der Waals surface area contributed by atoms with Crippen LogP contribution in [0.2, 0.25) is 0 Å². The number of nitrogens with one attached hydrogen (secondary N) is 2. The molecule has 0 spiro atoms. The Morgan fingerprint density at radius 2 is 1.93 bits per heavy atom. The summed E-state index contributed by atoms with van der Waals surface area (Å²) in [6, 6.07) is 7.45. The topological polar surface area (TPSA) is 88.4 Å². The molecular weight excluding hydrogens is 406 g/mol. The van der Waals surface area contributed by atoms with Crippen LogP contribution in [-0.4, -0.2) is 58.1 Å². The van der Waals surface area contributed by atoms with Crippen molar-refractivity contribution in [3.05, 3.63) is 34.7 Å². The molecule has 2 saturated heterocycles. The van der Waals surface area contributed by atoms with Crippen LogP contribution in [0.25, 0.3) is 11.0 Å². The molecule has 2 atom stereocenters. The van der Waals surface area contributed by atoms with Crippen molar-refractivity contribution < 1.29 is 9.59 Å². The van der Waals surface area contributed by atoms with Gasteiger partial charge in [0.05, 0.1) is 17.1 Å². The summed E-state index contributed by atoms with van der Waals surface area (Å²) in [6.45, 7) is 2.86. The van der Waals surface area contributed by atoms with E-state index in [2.05, 4.69) is 10.6 Å². The lowest BCUT2D eigenvalue weighted by atomic mass is 9.97. The second-order valence-corrected chi connectivity index (χ2v) is 8.16. The monoisotopic (exact) mass is 435 g/mol. The van der Waals surface area contributed by atoms with Crippen LogP contribution in [0.5, 0.6) is 0 Å². The van der Waals surface area contributed by atoms with Crippen molar-refractivity contribution in [3.8, 4) is 0 Å². The molecule has 164 valence electrons. The van der Waals surface area contributed by atoms with E-state index in [0.29, 0.717) is 19.6 Å². The van der Waals surface area contributed by atoms with Gasteiger partial charge in [-0.2, -0.15) is 0 Å². The van der Waals surface area contributed by atoms with Crippen molar-refractivity contribution in [2.24, 2.45) is 13.0 Å². The van der Waals surface area contributed by atoms with E-state index in [-0.39, 0.29) is 48.4 Å². The van der Waals surface area contributed by atoms with Crippen molar-refractivity contribution in [2.45, 2.75) is 38.3 Å². The minimum absolute atomic E-state index is 0. The minimum Gasteiger partial charge on any atom is -0.354 e. The summed E-state index contributed by atoms with van der Waals surface area (Å²) in [6.07, 6.45) is 3.84. The molecule has 8 nitrogen and oxygen atoms in total. The largest absolute Gasteiger partial charge is 0.354 e. The fraction of sp³-hybridized carbons (Fsp3) is 0.571. The average molecular weight is 436 g/mol. The zero-order valence-corrected chi connectivity index (χ0v) is 18.1. The molecular formula is C21H30ClN5O3. The molecule has 30 heavy (non-hydrogen) atoms. The Kier molecular flexibility index (Phi) is 7.20. The second kappa shape index (κ2) is 9.66. The van der Waals surface area contributed by atoms with Crippen LogP contribution >= 0.6 is 12.4 Å². The van der Waals surface area contributed by atoms with Gasteiger partial charge in [0, 0.05) is 26.7 Å². The summed E-state index contributed by atoms with van der Waals surface area (Å²) in [5.74, 6) is 0.271. The first-order chi connectivity index (χ1) is 14.0. The highest BCUT2D eigenvalue weighted by molar-refractivity contribution is 5.85. The number of carbonyl (C=O) groups excluding carboxylic acids is 2. The molecule has 0 bridgehead atoms. The number of para-hydroxylation sites is 2. The Morgan fingerprint density at radius 3 is 2.67 bits per heavy atom. The summed E-state index contributed by atoms with van der Waals surface area (Å²) in [5.41, 5.74) is 1.42. The first-order valence-corrected chi connectivity index (χ1v) is 10.5. The van der Waals surface area contributed by atoms with E-state index >= 15 is 0 Å². The molecule has 2 fully saturated rings. The van der Waals surface area contributed by atoms with Gasteiger partial charge in [0.2, 0.25) is 11.8 Å². The standard InChI is InChI=1S/C21H29N5O3.ClH/c1-24-17-8-2-3-9-18(17)26(21(24)29)14-19(27)25-11-5-6-15(13-25)12-23-20(28)16-7-4-10-22-16;/h2-3,8-9,15-16,22H,4-7,10-14H2,1H3,(H,23,28);1H. The molecule has 0 saturated carbocycles. The number of hydrogen-bond donors (Lipinski definition) is 2. The second-order valence-electron chi connectivity index (χ2n) is 8.16. The van der Waals surface area contributed by atoms with E-state index < -0.39 is 0 Å². The van der Waals surface area contributed by atoms with Crippen molar-refractivity contribution in [3.63, 3.8) is 0 Å². The van der Waals surface area contributed by atoms with E-state index in [1.165, 1.54) is 0 Å². The molecule has 0 radical (unpaired) electrons. The van der Waals surface area contributed by atoms with Crippen LogP contribution in [0.4, 0.5) is 0 Å². The third-order valence-electron chi connectivity index (χ3n) is 6.16. The summed E-state index contributed by atoms with van der Waals surface area (Å²) < 4.78 is 3.13. The molecule has 3 heterocycles. The predicted molar refractivity (Wildman–Crippen MR) is 118 cm³/mol. The van der Waals surface area contributed by atoms with E-state index in [9.17, 15) is 14.4 Å². The van der Waals surface area contributed by atoms with Gasteiger partial charge in [0.15, 0.2) is 0 Å². The first-order valence-electron chi connectivity index (χ1n) is 10.5. The van der Waals surface area contributed by atoms with Crippen LogP contribution < -0.4 is 16.3 Å². The van der Waals surface area contributed by atoms with Crippen molar-refractivity contribution in [2.75, 3.05) is 26.2 Å². The maximum absolute atomic E-state index is 12.9. The highest BCUT2D eigenvalue weighted by Crippen LogP contribution is 2.18. The lowest BCUT2D eigenvalue weighted by Gasteiger charge is -2.33. The summed E-state index contributed by atoms with van der Waals surface area (Å²) in [7, 11) is 1.73. The Hall–Kier alpha value is -2.32. The lowest BCUT2D eigenvalue weighted by molar-refractivity contribution is -0.133. The zero-order chi connectivity index (χ0) is 20.4. The number of amides is 2. The van der Waals surface area contributed by atoms with Crippen molar-refractivity contribution >= 4 is 35.3 Å². The van der Waals surface area contributed by atoms with Gasteiger partial charge in [-0.15, -0.1) is 12.4 Å². The average Bonchev–Trinajstić information content (AvgIpc) is 3.36. The Bertz CT molecular complexity index is 963. The number of hydrogen-bond acceptors (Lipinski definition) is 4. The maximum Gasteiger partial charge on any atom is 0.329 e. The lowest BCUT2D eigenvalue weighted by Crippen LogP contribution is -2.47. The zero-order valence-electron chi connectivity index (χ0n) is 17.3. The Balaban J connectivity index is 0.00000256. The highest BCUT2D eigenvalue weighted by atomic mass is 35.5. The number of aromatic nitrogens is 2. The van der Waals surface area contributed by atoms with Gasteiger partial charge < -0.3 is 15.5 Å². The first kappa shape index (κ1) is 22.4. The van der Waals surface area contributed by atoms with Crippen LogP contribution in [-0.2, 0) is 23.2 Å². The normalized spacial score (nSPS) is 21.4. The van der Waals surface area contributed by atoms with Crippen LogP contribution in [0.1, 0.15) is 25.7 Å². The summed E-state index contributed by atoms with van der Waals surface area (Å²) in [5, 5.41) is 6.25. The molecule has 1 aromatic carbocycles. The van der Waals surface area contributed by atoms with E-state index in [1.807, 2.05) is 29.2 Å². The number of benzene rings is 1. The summed E-state index contributed by atoms with van der Waals surface area (Å²) in [4.78, 5) is 39.6. The fourth-order valence-electron chi connectivity index (χ4n) is 4.49. The molecule has 4 rings (SSSR count). The number of halogens is 1. The predicted octanol–water partition coefficient (Wildman–Crippen LogP) is 0.869. The quantitative estimate of drug-likeness (QED) is 0.729. The van der Waals surface area contributed by atoms with Crippen molar-refractivity contribution in [1.82, 2.24) is 24.7 Å². The number of imidazole rings is 1. The maximum atomic E-state index is 12.9. The third kappa shape index (κ3) is 4.54. The minimum atomic E-state index is -0.176. The Morgan fingerprint density at radius 1 is 1.17 bits per heavy atom. The molecule has 2 aliphatic heterocycles. The number of aryl methyl sites for hydroxylation is 1. The molecule has 9 heteroatoms. The van der Waals surface area contributed by atoms with Gasteiger partial charge >= 0.3 is 5.69 Å². The van der Waals surface area contributed by atoms with Gasteiger partial charge in [0.1, 0.15) is 6.54 Å². The van der Waals surface area contributed by atoms with Gasteiger partial charge in [-0.3, -0.25) is 18.7 Å². The fourth-order valence-corrected chi connectivity index (χ4v) is 4.49. The van der Waals surface area contributed by atoms with Gasteiger partial charge in [0.25, 0.3) is 0 Å². The summed E-state index contributed by atoms with van der Waals surface area (Å²) >= 11 is 0. The van der Waals surface area contributed by atoms with Crippen LogP contribution in [0, 0.1) is 5.92 Å². The van der Waals surface area contributed by atoms with Crippen LogP contribution in [0.3, 0.4) is 0 Å². The number of nitrogens with zero attached hydrogens (tertiary/aromatic N) is 3. The van der Waals surface area contributed by atoms with E-state index in [0.717, 1.165) is 43.3 Å². The number of likely N-dealkylation sites (tertiary alicyclic amines) is 1. The number of rotatable bonds is 5. The van der Waals surface area contributed by atoms with E-state index in [1.54, 1.807) is 16.2 Å². The number of piperidine rings is 1. The van der Waals surface area contributed by atoms with Crippen molar-refractivity contribution in [1.29, 1.82) is 0 Å². The molecule has 2 aromatic rings. The molecule has 2 aliphatic rings.